The molecule has 3 aliphatic rings. The highest BCUT2D eigenvalue weighted by atomic mass is 16.5. The van der Waals surface area contributed by atoms with E-state index in [-0.39, 0.29) is 35.9 Å². The van der Waals surface area contributed by atoms with Crippen LogP contribution in [0.15, 0.2) is 54.6 Å². The molecule has 0 N–H and O–H groups in total. The first-order valence-electron chi connectivity index (χ1n) is 9.27. The Hall–Kier alpha value is -2.97. The Kier molecular flexibility index (Phi) is 3.63. The summed E-state index contributed by atoms with van der Waals surface area (Å²) < 4.78 is 5.81. The van der Waals surface area contributed by atoms with E-state index < -0.39 is 5.92 Å². The topological polar surface area (TPSA) is 70.4 Å². The molecule has 2 bridgehead atoms. The van der Waals surface area contributed by atoms with E-state index in [2.05, 4.69) is 6.07 Å². The van der Waals surface area contributed by atoms with Gasteiger partial charge in [-0.25, -0.2) is 4.90 Å². The molecule has 3 heterocycles. The largest absolute Gasteiger partial charge is 0.373 e. The summed E-state index contributed by atoms with van der Waals surface area (Å²) in [5, 5.41) is 9.83. The summed E-state index contributed by atoms with van der Waals surface area (Å²) in [4.78, 5) is 27.6. The average molecular weight is 358 g/mol. The van der Waals surface area contributed by atoms with Crippen molar-refractivity contribution in [2.45, 2.75) is 31.0 Å². The van der Waals surface area contributed by atoms with Crippen molar-refractivity contribution in [3.05, 3.63) is 65.7 Å². The first-order valence-corrected chi connectivity index (χ1v) is 9.27. The zero-order chi connectivity index (χ0) is 18.5. The molecule has 5 heteroatoms. The fraction of sp³-hybridized carbons (Fsp3) is 0.318. The van der Waals surface area contributed by atoms with Gasteiger partial charge in [-0.2, -0.15) is 5.26 Å². The third-order valence-electron chi connectivity index (χ3n) is 6.04. The second kappa shape index (κ2) is 6.04. The lowest BCUT2D eigenvalue weighted by Gasteiger charge is -2.22. The zero-order valence-electron chi connectivity index (χ0n) is 14.6. The number of amides is 2. The number of fused-ring (bicyclic) bond motifs is 5. The van der Waals surface area contributed by atoms with Gasteiger partial charge < -0.3 is 4.74 Å². The lowest BCUT2D eigenvalue weighted by molar-refractivity contribution is -0.124. The number of rotatable bonds is 3. The molecule has 0 aromatic heterocycles. The number of para-hydroxylation sites is 1. The molecule has 0 aliphatic carbocycles. The molecule has 3 fully saturated rings. The van der Waals surface area contributed by atoms with E-state index in [0.29, 0.717) is 11.3 Å². The Labute approximate surface area is 157 Å². The van der Waals surface area contributed by atoms with Crippen LogP contribution in [0.3, 0.4) is 0 Å². The number of carbonyl (C=O) groups is 2. The normalized spacial score (nSPS) is 29.7. The predicted molar refractivity (Wildman–Crippen MR) is 97.7 cm³/mol. The van der Waals surface area contributed by atoms with Gasteiger partial charge in [0, 0.05) is 0 Å². The molecule has 5 rings (SSSR count). The highest BCUT2D eigenvalue weighted by Crippen LogP contribution is 2.50. The van der Waals surface area contributed by atoms with Gasteiger partial charge in [-0.05, 0) is 30.0 Å². The summed E-state index contributed by atoms with van der Waals surface area (Å²) in [5.74, 6) is -1.66. The van der Waals surface area contributed by atoms with Crippen molar-refractivity contribution in [1.29, 1.82) is 5.26 Å². The minimum atomic E-state index is -0.545. The summed E-state index contributed by atoms with van der Waals surface area (Å²) in [7, 11) is 0. The number of nitriles is 1. The van der Waals surface area contributed by atoms with Gasteiger partial charge in [0.15, 0.2) is 0 Å². The Morgan fingerprint density at radius 3 is 2.15 bits per heavy atom. The van der Waals surface area contributed by atoms with E-state index in [1.807, 2.05) is 42.5 Å². The number of hydrogen-bond donors (Lipinski definition) is 0. The number of hydrogen-bond acceptors (Lipinski definition) is 4. The second-order valence-corrected chi connectivity index (χ2v) is 7.39. The van der Waals surface area contributed by atoms with Crippen LogP contribution in [0.2, 0.25) is 0 Å². The van der Waals surface area contributed by atoms with Gasteiger partial charge in [-0.1, -0.05) is 48.5 Å². The number of ether oxygens (including phenoxy) is 1. The van der Waals surface area contributed by atoms with Crippen LogP contribution in [-0.4, -0.2) is 24.0 Å². The summed E-state index contributed by atoms with van der Waals surface area (Å²) >= 11 is 0. The SMILES string of the molecule is N#CC(c1ccccc1)c1ccccc1N1C(=O)C2C3CCC(O3)C2C1=O. The van der Waals surface area contributed by atoms with Crippen LogP contribution in [0.1, 0.15) is 29.9 Å². The number of carbonyl (C=O) groups excluding carboxylic acids is 2. The minimum absolute atomic E-state index is 0.144. The molecule has 134 valence electrons. The highest BCUT2D eigenvalue weighted by molar-refractivity contribution is 6.23. The average Bonchev–Trinajstić information content (AvgIpc) is 3.38. The maximum absolute atomic E-state index is 13.1. The van der Waals surface area contributed by atoms with Gasteiger partial charge in [0.1, 0.15) is 0 Å². The molecule has 0 saturated carbocycles. The summed E-state index contributed by atoms with van der Waals surface area (Å²) in [6.07, 6.45) is 1.39. The molecular weight excluding hydrogens is 340 g/mol. The van der Waals surface area contributed by atoms with Crippen LogP contribution in [0.25, 0.3) is 0 Å². The molecule has 2 amide bonds. The van der Waals surface area contributed by atoms with Crippen molar-refractivity contribution in [3.63, 3.8) is 0 Å². The van der Waals surface area contributed by atoms with E-state index in [0.717, 1.165) is 18.4 Å². The molecule has 3 saturated heterocycles. The second-order valence-electron chi connectivity index (χ2n) is 7.39. The molecule has 27 heavy (non-hydrogen) atoms. The molecule has 2 aromatic carbocycles. The van der Waals surface area contributed by atoms with Crippen LogP contribution in [0.4, 0.5) is 5.69 Å². The summed E-state index contributed by atoms with van der Waals surface area (Å²) in [6, 6.07) is 19.0. The van der Waals surface area contributed by atoms with E-state index in [4.69, 9.17) is 4.74 Å². The molecule has 3 aliphatic heterocycles. The Balaban J connectivity index is 1.58. The standard InChI is InChI=1S/C22H18N2O3/c23-12-15(13-6-2-1-3-7-13)14-8-4-5-9-16(14)24-21(25)19-17-10-11-18(27-17)20(19)22(24)26/h1-9,15,17-20H,10-11H2. The summed E-state index contributed by atoms with van der Waals surface area (Å²) in [6.45, 7) is 0. The molecule has 0 radical (unpaired) electrons. The van der Waals surface area contributed by atoms with E-state index in [1.165, 1.54) is 4.90 Å². The fourth-order valence-electron chi connectivity index (χ4n) is 4.85. The minimum Gasteiger partial charge on any atom is -0.373 e. The van der Waals surface area contributed by atoms with Crippen molar-refractivity contribution >= 4 is 17.5 Å². The van der Waals surface area contributed by atoms with Crippen molar-refractivity contribution in [3.8, 4) is 6.07 Å². The number of nitrogens with zero attached hydrogens (tertiary/aromatic N) is 2. The zero-order valence-corrected chi connectivity index (χ0v) is 14.6. The van der Waals surface area contributed by atoms with Crippen molar-refractivity contribution in [2.24, 2.45) is 11.8 Å². The predicted octanol–water partition coefficient (Wildman–Crippen LogP) is 3.01. The first kappa shape index (κ1) is 16.2. The molecule has 5 unspecified atom stereocenters. The third-order valence-corrected chi connectivity index (χ3v) is 6.04. The molecular formula is C22H18N2O3. The fourth-order valence-corrected chi connectivity index (χ4v) is 4.85. The maximum atomic E-state index is 13.1. The third kappa shape index (κ3) is 2.27. The number of benzene rings is 2. The van der Waals surface area contributed by atoms with Gasteiger partial charge in [-0.3, -0.25) is 9.59 Å². The van der Waals surface area contributed by atoms with Crippen LogP contribution in [0, 0.1) is 23.2 Å². The maximum Gasteiger partial charge on any atom is 0.240 e. The monoisotopic (exact) mass is 358 g/mol. The highest BCUT2D eigenvalue weighted by Gasteiger charge is 2.62. The van der Waals surface area contributed by atoms with Gasteiger partial charge >= 0.3 is 0 Å². The van der Waals surface area contributed by atoms with Crippen molar-refractivity contribution in [2.75, 3.05) is 4.90 Å². The quantitative estimate of drug-likeness (QED) is 0.791. The smallest absolute Gasteiger partial charge is 0.240 e. The Morgan fingerprint density at radius 2 is 1.52 bits per heavy atom. The van der Waals surface area contributed by atoms with Crippen LogP contribution < -0.4 is 4.90 Å². The van der Waals surface area contributed by atoms with Crippen LogP contribution in [0.5, 0.6) is 0 Å². The lowest BCUT2D eigenvalue weighted by atomic mass is 9.81. The Morgan fingerprint density at radius 1 is 0.926 bits per heavy atom. The molecule has 5 nitrogen and oxygen atoms in total. The Bertz CT molecular complexity index is 937. The van der Waals surface area contributed by atoms with E-state index >= 15 is 0 Å². The van der Waals surface area contributed by atoms with E-state index in [1.54, 1.807) is 12.1 Å². The van der Waals surface area contributed by atoms with E-state index in [9.17, 15) is 14.9 Å². The van der Waals surface area contributed by atoms with Gasteiger partial charge in [0.05, 0.1) is 41.7 Å². The van der Waals surface area contributed by atoms with Crippen LogP contribution in [-0.2, 0) is 14.3 Å². The number of anilines is 1. The van der Waals surface area contributed by atoms with Gasteiger partial charge in [0.2, 0.25) is 11.8 Å². The molecule has 0 spiro atoms. The molecule has 2 aromatic rings. The molecule has 5 atom stereocenters. The summed E-state index contributed by atoms with van der Waals surface area (Å²) in [5.41, 5.74) is 2.05. The first-order chi connectivity index (χ1) is 13.2. The van der Waals surface area contributed by atoms with Gasteiger partial charge in [-0.15, -0.1) is 0 Å². The van der Waals surface area contributed by atoms with Gasteiger partial charge in [0.25, 0.3) is 0 Å². The van der Waals surface area contributed by atoms with Crippen LogP contribution >= 0.6 is 0 Å². The van der Waals surface area contributed by atoms with Crippen molar-refractivity contribution in [1.82, 2.24) is 0 Å². The van der Waals surface area contributed by atoms with Crippen molar-refractivity contribution < 1.29 is 14.3 Å². The lowest BCUT2D eigenvalue weighted by Crippen LogP contribution is -2.35. The number of imide groups is 1.